The number of aryl methyl sites for hydroxylation is 1. The van der Waals surface area contributed by atoms with Crippen LogP contribution in [-0.2, 0) is 48.0 Å². The van der Waals surface area contributed by atoms with Crippen LogP contribution in [0.25, 0.3) is 0 Å². The molecule has 4 atom stereocenters. The van der Waals surface area contributed by atoms with Crippen molar-refractivity contribution in [1.82, 2.24) is 4.90 Å². The van der Waals surface area contributed by atoms with E-state index < -0.39 is 42.1 Å². The Hall–Kier alpha value is -4.29. The van der Waals surface area contributed by atoms with E-state index in [4.69, 9.17) is 23.4 Å². The van der Waals surface area contributed by atoms with Gasteiger partial charge in [0.25, 0.3) is 0 Å². The molecule has 3 aromatic carbocycles. The normalized spacial score (nSPS) is 16.2. The number of nitrogens with zero attached hydrogens (tertiary/aromatic N) is 1. The molecule has 5 rings (SSSR count). The Balaban J connectivity index is 1.29. The lowest BCUT2D eigenvalue weighted by atomic mass is 9.90. The fourth-order valence-electron chi connectivity index (χ4n) is 5.70. The summed E-state index contributed by atoms with van der Waals surface area (Å²) >= 11 is 3.57. The topological polar surface area (TPSA) is 125 Å². The lowest BCUT2D eigenvalue weighted by Crippen LogP contribution is -2.42. The van der Waals surface area contributed by atoms with Crippen molar-refractivity contribution in [2.75, 3.05) is 26.4 Å². The Morgan fingerprint density at radius 1 is 0.980 bits per heavy atom. The number of rotatable bonds is 17. The SMILES string of the molecule is CC(=O)O[C@@H](c1cc(Br)c(CCCOC[C@@H](CO)OCc2ccccc2)o1)[C@H](Cc1ccccc1)C(=O)N1C(=O)OC[C@H]1c1ccccc1. The zero-order valence-electron chi connectivity index (χ0n) is 27.2. The molecule has 11 heteroatoms. The van der Waals surface area contributed by atoms with Crippen LogP contribution in [0, 0.1) is 5.92 Å². The van der Waals surface area contributed by atoms with Crippen molar-refractivity contribution >= 4 is 33.9 Å². The van der Waals surface area contributed by atoms with Gasteiger partial charge in [-0.3, -0.25) is 9.59 Å². The molecule has 49 heavy (non-hydrogen) atoms. The highest BCUT2D eigenvalue weighted by molar-refractivity contribution is 9.10. The fraction of sp³-hybridized carbons (Fsp3) is 0.342. The highest BCUT2D eigenvalue weighted by Gasteiger charge is 2.46. The third kappa shape index (κ3) is 9.88. The van der Waals surface area contributed by atoms with Crippen LogP contribution in [0.2, 0.25) is 0 Å². The van der Waals surface area contributed by atoms with Crippen molar-refractivity contribution in [3.63, 3.8) is 0 Å². The number of carbonyl (C=O) groups is 3. The van der Waals surface area contributed by atoms with Gasteiger partial charge >= 0.3 is 12.1 Å². The molecule has 2 heterocycles. The van der Waals surface area contributed by atoms with Crippen molar-refractivity contribution in [2.24, 2.45) is 5.92 Å². The Kier molecular flexibility index (Phi) is 13.2. The average Bonchev–Trinajstić information content (AvgIpc) is 3.69. The highest BCUT2D eigenvalue weighted by Crippen LogP contribution is 2.38. The molecule has 10 nitrogen and oxygen atoms in total. The van der Waals surface area contributed by atoms with Gasteiger partial charge in [0, 0.05) is 20.0 Å². The molecule has 1 N–H and O–H groups in total. The number of cyclic esters (lactones) is 1. The summed E-state index contributed by atoms with van der Waals surface area (Å²) in [5, 5.41) is 9.71. The van der Waals surface area contributed by atoms with Crippen molar-refractivity contribution in [3.05, 3.63) is 130 Å². The van der Waals surface area contributed by atoms with Crippen molar-refractivity contribution < 1.29 is 42.9 Å². The molecular formula is C38H40BrNO9. The van der Waals surface area contributed by atoms with Gasteiger partial charge in [-0.25, -0.2) is 9.69 Å². The van der Waals surface area contributed by atoms with Crippen LogP contribution < -0.4 is 0 Å². The summed E-state index contributed by atoms with van der Waals surface area (Å²) < 4.78 is 29.6. The number of hydrogen-bond acceptors (Lipinski definition) is 9. The molecule has 1 aromatic heterocycles. The van der Waals surface area contributed by atoms with E-state index in [1.165, 1.54) is 6.92 Å². The number of imide groups is 1. The molecule has 0 spiro atoms. The smallest absolute Gasteiger partial charge is 0.417 e. The molecule has 258 valence electrons. The minimum absolute atomic E-state index is 0.0155. The standard InChI is InChI=1S/C38H40BrNO9/c1-26(42)48-36(35-21-32(39)34(49-35)18-11-19-45-24-30(22-41)46-23-28-14-7-3-8-15-28)31(20-27-12-5-2-6-13-27)37(43)40-33(25-47-38(40)44)29-16-9-4-10-17-29/h2-10,12-17,21,30-31,33,36,41H,11,18-20,22-25H2,1H3/t30-,31+,33+,36-/m1/s1. The van der Waals surface area contributed by atoms with E-state index in [0.717, 1.165) is 21.6 Å². The van der Waals surface area contributed by atoms with Gasteiger partial charge in [0.15, 0.2) is 6.10 Å². The summed E-state index contributed by atoms with van der Waals surface area (Å²) in [6, 6.07) is 29.3. The van der Waals surface area contributed by atoms with E-state index in [2.05, 4.69) is 15.9 Å². The molecule has 0 radical (unpaired) electrons. The van der Waals surface area contributed by atoms with Gasteiger partial charge in [0.2, 0.25) is 5.91 Å². The van der Waals surface area contributed by atoms with Crippen LogP contribution in [0.1, 0.15) is 53.7 Å². The van der Waals surface area contributed by atoms with Gasteiger partial charge in [-0.05, 0) is 51.5 Å². The molecule has 1 aliphatic rings. The number of hydrogen-bond donors (Lipinski definition) is 1. The number of carbonyl (C=O) groups excluding carboxylic acids is 3. The summed E-state index contributed by atoms with van der Waals surface area (Å²) in [5.41, 5.74) is 2.58. The van der Waals surface area contributed by atoms with Crippen LogP contribution >= 0.6 is 15.9 Å². The zero-order chi connectivity index (χ0) is 34.6. The Morgan fingerprint density at radius 2 is 1.63 bits per heavy atom. The van der Waals surface area contributed by atoms with E-state index in [1.54, 1.807) is 6.07 Å². The summed E-state index contributed by atoms with van der Waals surface area (Å²) in [6.07, 6.45) is -1.11. The Labute approximate surface area is 294 Å². The number of halogens is 1. The van der Waals surface area contributed by atoms with Gasteiger partial charge in [0.05, 0.1) is 30.2 Å². The second kappa shape index (κ2) is 17.9. The maximum atomic E-state index is 14.4. The third-order valence-corrected chi connectivity index (χ3v) is 8.83. The summed E-state index contributed by atoms with van der Waals surface area (Å²) in [5.74, 6) is -1.30. The van der Waals surface area contributed by atoms with E-state index in [9.17, 15) is 19.5 Å². The molecule has 1 aliphatic heterocycles. The number of ether oxygens (including phenoxy) is 4. The lowest BCUT2D eigenvalue weighted by Gasteiger charge is -2.29. The van der Waals surface area contributed by atoms with Crippen LogP contribution in [0.5, 0.6) is 0 Å². The Morgan fingerprint density at radius 3 is 2.29 bits per heavy atom. The van der Waals surface area contributed by atoms with E-state index in [0.29, 0.717) is 36.3 Å². The quantitative estimate of drug-likeness (QED) is 0.0927. The Bertz CT molecular complexity index is 1650. The minimum atomic E-state index is -1.14. The van der Waals surface area contributed by atoms with Gasteiger partial charge in [0.1, 0.15) is 30.3 Å². The number of benzene rings is 3. The van der Waals surface area contributed by atoms with E-state index in [1.807, 2.05) is 91.0 Å². The monoisotopic (exact) mass is 733 g/mol. The van der Waals surface area contributed by atoms with Gasteiger partial charge in [-0.1, -0.05) is 91.0 Å². The molecule has 0 bridgehead atoms. The first-order valence-electron chi connectivity index (χ1n) is 16.2. The maximum Gasteiger partial charge on any atom is 0.417 e. The largest absolute Gasteiger partial charge is 0.461 e. The summed E-state index contributed by atoms with van der Waals surface area (Å²) in [4.78, 5) is 41.1. The molecule has 0 unspecified atom stereocenters. The predicted octanol–water partition coefficient (Wildman–Crippen LogP) is 6.75. The molecule has 0 saturated carbocycles. The van der Waals surface area contributed by atoms with Crippen molar-refractivity contribution in [2.45, 2.75) is 51.0 Å². The first-order valence-corrected chi connectivity index (χ1v) is 17.0. The first-order chi connectivity index (χ1) is 23.8. The molecular weight excluding hydrogens is 694 g/mol. The molecule has 1 fully saturated rings. The number of furan rings is 1. The lowest BCUT2D eigenvalue weighted by molar-refractivity contribution is -0.155. The van der Waals surface area contributed by atoms with E-state index in [-0.39, 0.29) is 32.0 Å². The van der Waals surface area contributed by atoms with Gasteiger partial charge < -0.3 is 28.5 Å². The molecule has 2 amide bonds. The number of amides is 2. The van der Waals surface area contributed by atoms with Gasteiger partial charge in [-0.2, -0.15) is 0 Å². The van der Waals surface area contributed by atoms with Crippen LogP contribution in [0.15, 0.2) is 106 Å². The number of aliphatic hydroxyl groups excluding tert-OH is 1. The highest BCUT2D eigenvalue weighted by atomic mass is 79.9. The predicted molar refractivity (Wildman–Crippen MR) is 183 cm³/mol. The second-order valence-corrected chi connectivity index (χ2v) is 12.6. The second-order valence-electron chi connectivity index (χ2n) is 11.7. The minimum Gasteiger partial charge on any atom is -0.461 e. The zero-order valence-corrected chi connectivity index (χ0v) is 28.8. The number of esters is 1. The first kappa shape index (κ1) is 36.0. The van der Waals surface area contributed by atoms with Crippen molar-refractivity contribution in [3.8, 4) is 0 Å². The van der Waals surface area contributed by atoms with Crippen LogP contribution in [0.4, 0.5) is 4.79 Å². The molecule has 1 saturated heterocycles. The van der Waals surface area contributed by atoms with Crippen LogP contribution in [0.3, 0.4) is 0 Å². The van der Waals surface area contributed by atoms with Gasteiger partial charge in [-0.15, -0.1) is 0 Å². The maximum absolute atomic E-state index is 14.4. The summed E-state index contributed by atoms with van der Waals surface area (Å²) in [7, 11) is 0. The number of aliphatic hydroxyl groups is 1. The average molecular weight is 735 g/mol. The molecule has 0 aliphatic carbocycles. The van der Waals surface area contributed by atoms with E-state index >= 15 is 0 Å². The van der Waals surface area contributed by atoms with Crippen LogP contribution in [-0.4, -0.2) is 60.5 Å². The fourth-order valence-corrected chi connectivity index (χ4v) is 6.21. The van der Waals surface area contributed by atoms with Crippen molar-refractivity contribution in [1.29, 1.82) is 0 Å². The summed E-state index contributed by atoms with van der Waals surface area (Å²) in [6.45, 7) is 2.11. The third-order valence-electron chi connectivity index (χ3n) is 8.15. The molecule has 4 aromatic rings.